The van der Waals surface area contributed by atoms with E-state index >= 15 is 0 Å². The summed E-state index contributed by atoms with van der Waals surface area (Å²) >= 11 is 0. The Balaban J connectivity index is 2.32. The third-order valence-electron chi connectivity index (χ3n) is 2.69. The van der Waals surface area contributed by atoms with E-state index in [1.807, 2.05) is 19.1 Å². The number of unbranched alkanes of at least 4 members (excludes halogenated alkanes) is 3. The first-order chi connectivity index (χ1) is 8.74. The highest BCUT2D eigenvalue weighted by Gasteiger charge is 2.01. The number of hydrogen-bond donors (Lipinski definition) is 1. The van der Waals surface area contributed by atoms with Crippen LogP contribution in [0.2, 0.25) is 0 Å². The lowest BCUT2D eigenvalue weighted by molar-refractivity contribution is -0.121. The van der Waals surface area contributed by atoms with E-state index in [4.69, 9.17) is 0 Å². The molecule has 1 rings (SSSR count). The molecule has 0 aromatic carbocycles. The fourth-order valence-electron chi connectivity index (χ4n) is 1.56. The molecule has 1 aromatic heterocycles. The van der Waals surface area contributed by atoms with Crippen LogP contribution in [0.15, 0.2) is 29.6 Å². The second-order valence-corrected chi connectivity index (χ2v) is 4.28. The Bertz CT molecular complexity index is 387. The molecular formula is C14H21N3O. The van der Waals surface area contributed by atoms with Crippen LogP contribution in [0.5, 0.6) is 0 Å². The zero-order valence-electron chi connectivity index (χ0n) is 11.1. The van der Waals surface area contributed by atoms with Crippen molar-refractivity contribution < 1.29 is 4.79 Å². The second kappa shape index (κ2) is 8.39. The number of hydrogen-bond acceptors (Lipinski definition) is 3. The van der Waals surface area contributed by atoms with Crippen molar-refractivity contribution in [1.82, 2.24) is 10.4 Å². The normalized spacial score (nSPS) is 11.3. The molecule has 0 fully saturated rings. The Morgan fingerprint density at radius 3 is 2.89 bits per heavy atom. The zero-order valence-corrected chi connectivity index (χ0v) is 11.1. The minimum Gasteiger partial charge on any atom is -0.273 e. The van der Waals surface area contributed by atoms with E-state index in [2.05, 4.69) is 22.4 Å². The molecule has 1 heterocycles. The number of aromatic nitrogens is 1. The molecule has 0 aliphatic carbocycles. The van der Waals surface area contributed by atoms with Gasteiger partial charge in [0.2, 0.25) is 5.91 Å². The molecule has 0 unspecified atom stereocenters. The highest BCUT2D eigenvalue weighted by molar-refractivity contribution is 5.98. The first-order valence-electron chi connectivity index (χ1n) is 6.47. The summed E-state index contributed by atoms with van der Waals surface area (Å²) in [6.07, 6.45) is 8.39. The van der Waals surface area contributed by atoms with Gasteiger partial charge >= 0.3 is 0 Å². The SMILES string of the molecule is CCCCCCC(=O)NN=C(C)c1cccnc1. The van der Waals surface area contributed by atoms with Crippen molar-refractivity contribution in [2.45, 2.75) is 46.0 Å². The van der Waals surface area contributed by atoms with Crippen molar-refractivity contribution >= 4 is 11.6 Å². The lowest BCUT2D eigenvalue weighted by Crippen LogP contribution is -2.18. The van der Waals surface area contributed by atoms with Crippen LogP contribution in [-0.2, 0) is 4.79 Å². The van der Waals surface area contributed by atoms with Gasteiger partial charge < -0.3 is 0 Å². The van der Waals surface area contributed by atoms with Gasteiger partial charge in [-0.25, -0.2) is 5.43 Å². The second-order valence-electron chi connectivity index (χ2n) is 4.28. The minimum absolute atomic E-state index is 0.0191. The van der Waals surface area contributed by atoms with Gasteiger partial charge in [0.1, 0.15) is 0 Å². The quantitative estimate of drug-likeness (QED) is 0.457. The average molecular weight is 247 g/mol. The minimum atomic E-state index is -0.0191. The van der Waals surface area contributed by atoms with Crippen LogP contribution >= 0.6 is 0 Å². The van der Waals surface area contributed by atoms with Crippen LogP contribution in [0, 0.1) is 0 Å². The number of amides is 1. The van der Waals surface area contributed by atoms with Crippen molar-refractivity contribution in [3.8, 4) is 0 Å². The van der Waals surface area contributed by atoms with Crippen LogP contribution < -0.4 is 5.43 Å². The average Bonchev–Trinajstić information content (AvgIpc) is 2.42. The zero-order chi connectivity index (χ0) is 13.2. The Hall–Kier alpha value is -1.71. The first kappa shape index (κ1) is 14.4. The van der Waals surface area contributed by atoms with E-state index in [0.29, 0.717) is 6.42 Å². The fourth-order valence-corrected chi connectivity index (χ4v) is 1.56. The monoisotopic (exact) mass is 247 g/mol. The number of pyridine rings is 1. The van der Waals surface area contributed by atoms with Gasteiger partial charge in [0.15, 0.2) is 0 Å². The molecule has 4 heteroatoms. The van der Waals surface area contributed by atoms with E-state index in [-0.39, 0.29) is 5.91 Å². The predicted molar refractivity (Wildman–Crippen MR) is 73.3 cm³/mol. The van der Waals surface area contributed by atoms with Gasteiger partial charge in [0, 0.05) is 24.4 Å². The van der Waals surface area contributed by atoms with Crippen LogP contribution in [-0.4, -0.2) is 16.6 Å². The molecule has 0 spiro atoms. The van der Waals surface area contributed by atoms with E-state index in [1.165, 1.54) is 12.8 Å². The van der Waals surface area contributed by atoms with Gasteiger partial charge in [0.05, 0.1) is 5.71 Å². The van der Waals surface area contributed by atoms with Crippen molar-refractivity contribution in [1.29, 1.82) is 0 Å². The molecule has 0 bridgehead atoms. The topological polar surface area (TPSA) is 54.4 Å². The number of nitrogens with one attached hydrogen (secondary N) is 1. The van der Waals surface area contributed by atoms with E-state index in [1.54, 1.807) is 12.4 Å². The summed E-state index contributed by atoms with van der Waals surface area (Å²) in [7, 11) is 0. The smallest absolute Gasteiger partial charge is 0.240 e. The Morgan fingerprint density at radius 2 is 2.22 bits per heavy atom. The van der Waals surface area contributed by atoms with Crippen molar-refractivity contribution in [2.24, 2.45) is 5.10 Å². The van der Waals surface area contributed by atoms with Crippen molar-refractivity contribution in [2.75, 3.05) is 0 Å². The lowest BCUT2D eigenvalue weighted by Gasteiger charge is -2.02. The van der Waals surface area contributed by atoms with Gasteiger partial charge in [-0.3, -0.25) is 9.78 Å². The third kappa shape index (κ3) is 5.57. The summed E-state index contributed by atoms with van der Waals surface area (Å²) in [5.41, 5.74) is 4.27. The molecule has 0 saturated heterocycles. The van der Waals surface area contributed by atoms with E-state index in [9.17, 15) is 4.79 Å². The fraction of sp³-hybridized carbons (Fsp3) is 0.500. The summed E-state index contributed by atoms with van der Waals surface area (Å²) < 4.78 is 0. The standard InChI is InChI=1S/C14H21N3O/c1-3-4-5-6-9-14(18)17-16-12(2)13-8-7-10-15-11-13/h7-8,10-11H,3-6,9H2,1-2H3,(H,17,18). The molecule has 1 aromatic rings. The summed E-state index contributed by atoms with van der Waals surface area (Å²) in [6, 6.07) is 3.76. The Kier molecular flexibility index (Phi) is 6.69. The largest absolute Gasteiger partial charge is 0.273 e. The molecule has 18 heavy (non-hydrogen) atoms. The Morgan fingerprint density at radius 1 is 1.39 bits per heavy atom. The number of carbonyl (C=O) groups is 1. The summed E-state index contributed by atoms with van der Waals surface area (Å²) in [4.78, 5) is 15.5. The van der Waals surface area contributed by atoms with Crippen LogP contribution in [0.1, 0.15) is 51.5 Å². The molecule has 0 aliphatic rings. The number of hydrazone groups is 1. The molecule has 1 amide bonds. The van der Waals surface area contributed by atoms with Gasteiger partial charge in [-0.1, -0.05) is 32.3 Å². The molecular weight excluding hydrogens is 226 g/mol. The number of rotatable bonds is 7. The summed E-state index contributed by atoms with van der Waals surface area (Å²) in [5, 5.41) is 4.07. The van der Waals surface area contributed by atoms with Gasteiger partial charge in [-0.05, 0) is 19.4 Å². The van der Waals surface area contributed by atoms with Crippen LogP contribution in [0.25, 0.3) is 0 Å². The van der Waals surface area contributed by atoms with E-state index in [0.717, 1.165) is 24.1 Å². The maximum atomic E-state index is 11.5. The summed E-state index contributed by atoms with van der Waals surface area (Å²) in [6.45, 7) is 4.01. The number of carbonyl (C=O) groups excluding carboxylic acids is 1. The highest BCUT2D eigenvalue weighted by atomic mass is 16.2. The molecule has 0 saturated carbocycles. The van der Waals surface area contributed by atoms with Crippen molar-refractivity contribution in [3.05, 3.63) is 30.1 Å². The third-order valence-corrected chi connectivity index (χ3v) is 2.69. The Labute approximate surface area is 109 Å². The first-order valence-corrected chi connectivity index (χ1v) is 6.47. The lowest BCUT2D eigenvalue weighted by atomic mass is 10.1. The van der Waals surface area contributed by atoms with E-state index < -0.39 is 0 Å². The van der Waals surface area contributed by atoms with Gasteiger partial charge in [-0.2, -0.15) is 5.10 Å². The van der Waals surface area contributed by atoms with Gasteiger partial charge in [0.25, 0.3) is 0 Å². The van der Waals surface area contributed by atoms with Crippen LogP contribution in [0.4, 0.5) is 0 Å². The molecule has 98 valence electrons. The molecule has 0 aliphatic heterocycles. The summed E-state index contributed by atoms with van der Waals surface area (Å²) in [5.74, 6) is -0.0191. The van der Waals surface area contributed by atoms with Crippen LogP contribution in [0.3, 0.4) is 0 Å². The maximum Gasteiger partial charge on any atom is 0.240 e. The van der Waals surface area contributed by atoms with Crippen molar-refractivity contribution in [3.63, 3.8) is 0 Å². The highest BCUT2D eigenvalue weighted by Crippen LogP contribution is 2.02. The molecule has 1 N–H and O–H groups in total. The molecule has 0 atom stereocenters. The van der Waals surface area contributed by atoms with Gasteiger partial charge in [-0.15, -0.1) is 0 Å². The molecule has 4 nitrogen and oxygen atoms in total. The predicted octanol–water partition coefficient (Wildman–Crippen LogP) is 2.89. The maximum absolute atomic E-state index is 11.5. The number of nitrogens with zero attached hydrogens (tertiary/aromatic N) is 2. The molecule has 0 radical (unpaired) electrons.